The van der Waals surface area contributed by atoms with Crippen molar-refractivity contribution in [3.63, 3.8) is 0 Å². The van der Waals surface area contributed by atoms with Crippen LogP contribution in [0.5, 0.6) is 5.75 Å². The maximum atomic E-state index is 9.24. The molecule has 0 radical (unpaired) electrons. The van der Waals surface area contributed by atoms with E-state index in [1.54, 1.807) is 0 Å². The predicted octanol–water partition coefficient (Wildman–Crippen LogP) is 5.52. The molecule has 0 spiro atoms. The van der Waals surface area contributed by atoms with Crippen molar-refractivity contribution >= 4 is 0 Å². The highest BCUT2D eigenvalue weighted by Gasteiger charge is 2.24. The van der Waals surface area contributed by atoms with Crippen molar-refractivity contribution in [2.24, 2.45) is 0 Å². The van der Waals surface area contributed by atoms with Gasteiger partial charge in [0.2, 0.25) is 0 Å². The summed E-state index contributed by atoms with van der Waals surface area (Å²) in [7, 11) is 0. The van der Waals surface area contributed by atoms with E-state index in [1.807, 2.05) is 71.9 Å². The minimum absolute atomic E-state index is 0.148. The Hall–Kier alpha value is -1.48. The van der Waals surface area contributed by atoms with E-state index in [0.29, 0.717) is 13.0 Å². The average molecular weight is 308 g/mol. The molecule has 0 atom stereocenters. The normalized spacial score (nSPS) is 11.4. The fourth-order valence-corrected chi connectivity index (χ4v) is 1.97. The Morgan fingerprint density at radius 1 is 1.05 bits per heavy atom. The molecule has 0 fully saturated rings. The molecule has 1 aromatic rings. The number of para-hydroxylation sites is 1. The number of rotatable bonds is 8. The second-order valence-corrected chi connectivity index (χ2v) is 6.28. The third-order valence-corrected chi connectivity index (χ3v) is 2.96. The van der Waals surface area contributed by atoms with Crippen LogP contribution in [-0.2, 0) is 4.74 Å². The predicted molar refractivity (Wildman–Crippen MR) is 93.5 cm³/mol. The van der Waals surface area contributed by atoms with Gasteiger partial charge in [0.1, 0.15) is 11.4 Å². The molecule has 126 valence electrons. The van der Waals surface area contributed by atoms with Crippen molar-refractivity contribution < 1.29 is 14.6 Å². The molecule has 0 aliphatic heterocycles. The smallest absolute Gasteiger partial charge is 0.120 e. The molecule has 0 aliphatic rings. The molecule has 0 aromatic heterocycles. The van der Waals surface area contributed by atoms with Crippen LogP contribution < -0.4 is 4.74 Å². The van der Waals surface area contributed by atoms with E-state index >= 15 is 0 Å². The molecule has 3 nitrogen and oxygen atoms in total. The molecule has 0 unspecified atom stereocenters. The molecule has 0 bridgehead atoms. The van der Waals surface area contributed by atoms with Crippen LogP contribution in [0.2, 0.25) is 0 Å². The molecule has 0 heterocycles. The van der Waals surface area contributed by atoms with Crippen molar-refractivity contribution in [2.45, 2.75) is 65.6 Å². The first-order chi connectivity index (χ1) is 10.2. The van der Waals surface area contributed by atoms with Crippen molar-refractivity contribution in [3.05, 3.63) is 42.7 Å². The Bertz CT molecular complexity index is 422. The minimum atomic E-state index is -0.408. The lowest BCUT2D eigenvalue weighted by Crippen LogP contribution is -2.33. The fraction of sp³-hybridized carbons (Fsp3) is 0.579. The molecule has 0 saturated carbocycles. The minimum Gasteiger partial charge on any atom is -0.513 e. The fourth-order valence-electron chi connectivity index (χ4n) is 1.97. The summed E-state index contributed by atoms with van der Waals surface area (Å²) in [5.74, 6) is 1.01. The van der Waals surface area contributed by atoms with Crippen LogP contribution in [0, 0.1) is 0 Å². The van der Waals surface area contributed by atoms with Gasteiger partial charge in [-0.2, -0.15) is 0 Å². The van der Waals surface area contributed by atoms with E-state index in [9.17, 15) is 5.11 Å². The quantitative estimate of drug-likeness (QED) is 0.643. The van der Waals surface area contributed by atoms with Crippen LogP contribution in [0.4, 0.5) is 0 Å². The summed E-state index contributed by atoms with van der Waals surface area (Å²) in [5, 5.41) is 9.24. The molecule has 0 amide bonds. The molecule has 3 heteroatoms. The Kier molecular flexibility index (Phi) is 8.88. The van der Waals surface area contributed by atoms with Gasteiger partial charge in [-0.25, -0.2) is 0 Å². The van der Waals surface area contributed by atoms with Gasteiger partial charge in [0.25, 0.3) is 0 Å². The lowest BCUT2D eigenvalue weighted by atomic mass is 10.0. The Morgan fingerprint density at radius 2 is 1.59 bits per heavy atom. The zero-order valence-electron chi connectivity index (χ0n) is 15.0. The molecular formula is C19H32O3. The van der Waals surface area contributed by atoms with Gasteiger partial charge in [0.05, 0.1) is 18.0 Å². The standard InChI is InChI=1S/C17H26O3.C2H6/c1-14(18)13-17(4,5)19-12-11-16(2,3)20-15-9-7-6-8-10-15;1-2/h6-10,18H,1,11-13H2,2-5H3;1-2H3. The topological polar surface area (TPSA) is 38.7 Å². The Morgan fingerprint density at radius 3 is 2.09 bits per heavy atom. The van der Waals surface area contributed by atoms with Gasteiger partial charge in [0, 0.05) is 12.8 Å². The van der Waals surface area contributed by atoms with Crippen LogP contribution in [0.3, 0.4) is 0 Å². The van der Waals surface area contributed by atoms with Crippen molar-refractivity contribution in [2.75, 3.05) is 6.61 Å². The zero-order chi connectivity index (χ0) is 17.2. The second kappa shape index (κ2) is 9.52. The maximum absolute atomic E-state index is 9.24. The highest BCUT2D eigenvalue weighted by molar-refractivity contribution is 5.21. The van der Waals surface area contributed by atoms with E-state index < -0.39 is 5.60 Å². The highest BCUT2D eigenvalue weighted by Crippen LogP contribution is 2.23. The van der Waals surface area contributed by atoms with Crippen LogP contribution in [0.25, 0.3) is 0 Å². The largest absolute Gasteiger partial charge is 0.513 e. The average Bonchev–Trinajstić information content (AvgIpc) is 2.39. The van der Waals surface area contributed by atoms with Crippen molar-refractivity contribution in [1.82, 2.24) is 0 Å². The summed E-state index contributed by atoms with van der Waals surface area (Å²) in [6, 6.07) is 9.77. The van der Waals surface area contributed by atoms with E-state index in [2.05, 4.69) is 6.58 Å². The molecule has 22 heavy (non-hydrogen) atoms. The Labute approximate surface area is 136 Å². The van der Waals surface area contributed by atoms with Crippen LogP contribution in [0.1, 0.15) is 54.4 Å². The van der Waals surface area contributed by atoms with E-state index in [1.165, 1.54) is 0 Å². The van der Waals surface area contributed by atoms with Gasteiger partial charge < -0.3 is 14.6 Å². The zero-order valence-corrected chi connectivity index (χ0v) is 15.0. The van der Waals surface area contributed by atoms with Crippen LogP contribution >= 0.6 is 0 Å². The molecule has 1 aromatic carbocycles. The first-order valence-electron chi connectivity index (χ1n) is 7.95. The summed E-state index contributed by atoms with van der Waals surface area (Å²) in [6.45, 7) is 16.0. The number of ether oxygens (including phenoxy) is 2. The van der Waals surface area contributed by atoms with Gasteiger partial charge in [-0.15, -0.1) is 0 Å². The maximum Gasteiger partial charge on any atom is 0.120 e. The van der Waals surface area contributed by atoms with Crippen molar-refractivity contribution in [1.29, 1.82) is 0 Å². The van der Waals surface area contributed by atoms with Crippen molar-refractivity contribution in [3.8, 4) is 5.75 Å². The SMILES string of the molecule is C=C(O)CC(C)(C)OCCC(C)(C)Oc1ccccc1.CC. The van der Waals surface area contributed by atoms with E-state index in [0.717, 1.165) is 12.2 Å². The van der Waals surface area contributed by atoms with Gasteiger partial charge in [-0.1, -0.05) is 38.6 Å². The number of benzene rings is 1. The van der Waals surface area contributed by atoms with E-state index in [4.69, 9.17) is 9.47 Å². The summed E-state index contributed by atoms with van der Waals surface area (Å²) in [5.41, 5.74) is -0.706. The Balaban J connectivity index is 0.00000211. The molecular weight excluding hydrogens is 276 g/mol. The molecule has 0 saturated heterocycles. The van der Waals surface area contributed by atoms with Crippen LogP contribution in [-0.4, -0.2) is 22.9 Å². The summed E-state index contributed by atoms with van der Waals surface area (Å²) >= 11 is 0. The third-order valence-electron chi connectivity index (χ3n) is 2.96. The first kappa shape index (κ1) is 20.5. The summed E-state index contributed by atoms with van der Waals surface area (Å²) in [4.78, 5) is 0. The van der Waals surface area contributed by atoms with Gasteiger partial charge >= 0.3 is 0 Å². The lowest BCUT2D eigenvalue weighted by molar-refractivity contribution is -0.0441. The molecule has 0 aliphatic carbocycles. The molecule has 1 N–H and O–H groups in total. The monoisotopic (exact) mass is 308 g/mol. The van der Waals surface area contributed by atoms with Crippen LogP contribution in [0.15, 0.2) is 42.7 Å². The number of aliphatic hydroxyl groups excluding tert-OH is 1. The highest BCUT2D eigenvalue weighted by atomic mass is 16.5. The number of hydrogen-bond acceptors (Lipinski definition) is 3. The molecule has 1 rings (SSSR count). The van der Waals surface area contributed by atoms with E-state index in [-0.39, 0.29) is 11.4 Å². The number of aliphatic hydroxyl groups is 1. The number of hydrogen-bond donors (Lipinski definition) is 1. The van der Waals surface area contributed by atoms with Gasteiger partial charge in [-0.05, 0) is 39.8 Å². The summed E-state index contributed by atoms with van der Waals surface area (Å²) < 4.78 is 11.8. The lowest BCUT2D eigenvalue weighted by Gasteiger charge is -2.30. The second-order valence-electron chi connectivity index (χ2n) is 6.28. The third kappa shape index (κ3) is 9.46. The summed E-state index contributed by atoms with van der Waals surface area (Å²) in [6.07, 6.45) is 1.20. The van der Waals surface area contributed by atoms with Gasteiger partial charge in [-0.3, -0.25) is 0 Å². The first-order valence-corrected chi connectivity index (χ1v) is 7.95. The van der Waals surface area contributed by atoms with Gasteiger partial charge in [0.15, 0.2) is 0 Å².